The Morgan fingerprint density at radius 1 is 1.21 bits per heavy atom. The van der Waals surface area contributed by atoms with Crippen LogP contribution >= 0.6 is 11.6 Å². The van der Waals surface area contributed by atoms with Crippen LogP contribution in [0.1, 0.15) is 10.4 Å². The second kappa shape index (κ2) is 5.73. The molecule has 2 N–H and O–H groups in total. The van der Waals surface area contributed by atoms with E-state index in [1.165, 1.54) is 7.11 Å². The number of benzene rings is 2. The molecule has 0 radical (unpaired) electrons. The van der Waals surface area contributed by atoms with Crippen molar-refractivity contribution in [3.05, 3.63) is 53.1 Å². The number of rotatable bonds is 3. The summed E-state index contributed by atoms with van der Waals surface area (Å²) in [6, 6.07) is 12.6. The highest BCUT2D eigenvalue weighted by atomic mass is 35.5. The predicted octanol–water partition coefficient (Wildman–Crippen LogP) is 3.00. The van der Waals surface area contributed by atoms with Crippen molar-refractivity contribution in [2.75, 3.05) is 7.11 Å². The fourth-order valence-electron chi connectivity index (χ4n) is 1.72. The number of phenols is 1. The Morgan fingerprint density at radius 2 is 1.89 bits per heavy atom. The van der Waals surface area contributed by atoms with Crippen LogP contribution in [-0.2, 0) is 4.84 Å². The van der Waals surface area contributed by atoms with Gasteiger partial charge in [-0.25, -0.2) is 5.48 Å². The zero-order valence-electron chi connectivity index (χ0n) is 10.2. The van der Waals surface area contributed by atoms with Gasteiger partial charge in [-0.1, -0.05) is 41.9 Å². The van der Waals surface area contributed by atoms with Crippen LogP contribution in [0.3, 0.4) is 0 Å². The maximum Gasteiger partial charge on any atom is 0.278 e. The van der Waals surface area contributed by atoms with Crippen LogP contribution in [0.5, 0.6) is 5.75 Å². The van der Waals surface area contributed by atoms with E-state index in [0.717, 1.165) is 11.1 Å². The summed E-state index contributed by atoms with van der Waals surface area (Å²) in [4.78, 5) is 16.3. The molecule has 0 spiro atoms. The summed E-state index contributed by atoms with van der Waals surface area (Å²) in [5, 5.41) is 9.93. The highest BCUT2D eigenvalue weighted by Gasteiger charge is 2.16. The first kappa shape index (κ1) is 13.4. The van der Waals surface area contributed by atoms with Crippen molar-refractivity contribution >= 4 is 17.5 Å². The van der Waals surface area contributed by atoms with E-state index in [2.05, 4.69) is 10.3 Å². The average molecular weight is 278 g/mol. The summed E-state index contributed by atoms with van der Waals surface area (Å²) < 4.78 is 0. The van der Waals surface area contributed by atoms with Gasteiger partial charge in [0.2, 0.25) is 0 Å². The molecule has 2 aromatic rings. The first-order valence-corrected chi connectivity index (χ1v) is 5.92. The predicted molar refractivity (Wildman–Crippen MR) is 73.0 cm³/mol. The quantitative estimate of drug-likeness (QED) is 0.848. The van der Waals surface area contributed by atoms with E-state index >= 15 is 0 Å². The van der Waals surface area contributed by atoms with Crippen molar-refractivity contribution in [1.29, 1.82) is 0 Å². The van der Waals surface area contributed by atoms with E-state index in [9.17, 15) is 9.90 Å². The van der Waals surface area contributed by atoms with Gasteiger partial charge >= 0.3 is 0 Å². The lowest BCUT2D eigenvalue weighted by Gasteiger charge is -2.09. The summed E-state index contributed by atoms with van der Waals surface area (Å²) in [6.45, 7) is 0. The normalized spacial score (nSPS) is 10.2. The van der Waals surface area contributed by atoms with E-state index in [4.69, 9.17) is 11.6 Å². The monoisotopic (exact) mass is 277 g/mol. The lowest BCUT2D eigenvalue weighted by Crippen LogP contribution is -2.22. The van der Waals surface area contributed by atoms with E-state index < -0.39 is 5.91 Å². The third kappa shape index (κ3) is 2.86. The Kier molecular flexibility index (Phi) is 4.04. The van der Waals surface area contributed by atoms with Crippen molar-refractivity contribution in [1.82, 2.24) is 5.48 Å². The Balaban J connectivity index is 2.51. The zero-order valence-corrected chi connectivity index (χ0v) is 10.9. The van der Waals surface area contributed by atoms with E-state index in [0.29, 0.717) is 0 Å². The van der Waals surface area contributed by atoms with Crippen LogP contribution in [0, 0.1) is 0 Å². The van der Waals surface area contributed by atoms with Crippen molar-refractivity contribution in [3.63, 3.8) is 0 Å². The van der Waals surface area contributed by atoms with Gasteiger partial charge in [0.25, 0.3) is 5.91 Å². The molecule has 0 unspecified atom stereocenters. The van der Waals surface area contributed by atoms with Crippen LogP contribution in [0.4, 0.5) is 0 Å². The summed E-state index contributed by atoms with van der Waals surface area (Å²) in [5.41, 5.74) is 3.85. The van der Waals surface area contributed by atoms with Gasteiger partial charge in [0, 0.05) is 0 Å². The smallest absolute Gasteiger partial charge is 0.278 e. The van der Waals surface area contributed by atoms with Crippen molar-refractivity contribution in [2.45, 2.75) is 0 Å². The molecule has 0 heterocycles. The first-order chi connectivity index (χ1) is 9.13. The molecule has 0 fully saturated rings. The molecule has 0 aliphatic carbocycles. The van der Waals surface area contributed by atoms with Crippen LogP contribution in [-0.4, -0.2) is 18.1 Å². The van der Waals surface area contributed by atoms with Gasteiger partial charge in [0.05, 0.1) is 17.7 Å². The van der Waals surface area contributed by atoms with Gasteiger partial charge in [0.15, 0.2) is 0 Å². The Bertz CT molecular complexity index is 599. The van der Waals surface area contributed by atoms with E-state index in [1.54, 1.807) is 12.1 Å². The summed E-state index contributed by atoms with van der Waals surface area (Å²) in [7, 11) is 1.32. The molecule has 2 aromatic carbocycles. The molecule has 98 valence electrons. The maximum atomic E-state index is 11.7. The molecule has 5 heteroatoms. The lowest BCUT2D eigenvalue weighted by molar-refractivity contribution is 0.0535. The molecule has 0 aromatic heterocycles. The van der Waals surface area contributed by atoms with Gasteiger partial charge in [-0.15, -0.1) is 0 Å². The fraction of sp³-hybridized carbons (Fsp3) is 0.0714. The molecule has 1 amide bonds. The highest BCUT2D eigenvalue weighted by Crippen LogP contribution is 2.33. The number of halogens is 1. The second-order valence-electron chi connectivity index (χ2n) is 3.86. The third-order valence-electron chi connectivity index (χ3n) is 2.61. The molecule has 0 atom stereocenters. The Morgan fingerprint density at radius 3 is 2.53 bits per heavy atom. The molecule has 0 bridgehead atoms. The standard InChI is InChI=1S/C14H12ClNO3/c1-19-16-14(18)11-7-10(8-12(15)13(11)17)9-5-3-2-4-6-9/h2-8,17H,1H3,(H,16,18). The third-order valence-corrected chi connectivity index (χ3v) is 2.90. The number of carbonyl (C=O) groups is 1. The molecule has 0 saturated heterocycles. The minimum atomic E-state index is -0.556. The number of amides is 1. The molecule has 4 nitrogen and oxygen atoms in total. The number of hydrogen-bond acceptors (Lipinski definition) is 3. The minimum absolute atomic E-state index is 0.0632. The Labute approximate surface area is 115 Å². The van der Waals surface area contributed by atoms with Gasteiger partial charge in [-0.3, -0.25) is 9.63 Å². The van der Waals surface area contributed by atoms with Gasteiger partial charge in [-0.2, -0.15) is 0 Å². The van der Waals surface area contributed by atoms with E-state index in [1.807, 2.05) is 30.3 Å². The Hall–Kier alpha value is -2.04. The maximum absolute atomic E-state index is 11.7. The van der Waals surface area contributed by atoms with E-state index in [-0.39, 0.29) is 16.3 Å². The number of hydroxylamine groups is 1. The molecule has 2 rings (SSSR count). The van der Waals surface area contributed by atoms with Crippen molar-refractivity contribution < 1.29 is 14.7 Å². The average Bonchev–Trinajstić information content (AvgIpc) is 2.43. The largest absolute Gasteiger partial charge is 0.506 e. The van der Waals surface area contributed by atoms with Crippen LogP contribution in [0.15, 0.2) is 42.5 Å². The second-order valence-corrected chi connectivity index (χ2v) is 4.26. The number of nitrogens with one attached hydrogen (secondary N) is 1. The molecule has 0 saturated carbocycles. The van der Waals surface area contributed by atoms with Crippen molar-refractivity contribution in [2.24, 2.45) is 0 Å². The van der Waals surface area contributed by atoms with Crippen molar-refractivity contribution in [3.8, 4) is 16.9 Å². The van der Waals surface area contributed by atoms with Crippen LogP contribution in [0.25, 0.3) is 11.1 Å². The van der Waals surface area contributed by atoms with Crippen LogP contribution in [0.2, 0.25) is 5.02 Å². The number of phenolic OH excluding ortho intramolecular Hbond substituents is 1. The minimum Gasteiger partial charge on any atom is -0.506 e. The highest BCUT2D eigenvalue weighted by molar-refractivity contribution is 6.33. The molecule has 0 aliphatic rings. The molecular weight excluding hydrogens is 266 g/mol. The molecule has 0 aliphatic heterocycles. The topological polar surface area (TPSA) is 58.6 Å². The lowest BCUT2D eigenvalue weighted by atomic mass is 10.0. The van der Waals surface area contributed by atoms with Gasteiger partial charge in [0.1, 0.15) is 5.75 Å². The number of carbonyl (C=O) groups excluding carboxylic acids is 1. The zero-order chi connectivity index (χ0) is 13.8. The summed E-state index contributed by atoms with van der Waals surface area (Å²) >= 11 is 5.94. The van der Waals surface area contributed by atoms with Gasteiger partial charge < -0.3 is 5.11 Å². The first-order valence-electron chi connectivity index (χ1n) is 5.54. The summed E-state index contributed by atoms with van der Waals surface area (Å²) in [5.74, 6) is -0.824. The van der Waals surface area contributed by atoms with Crippen LogP contribution < -0.4 is 5.48 Å². The SMILES string of the molecule is CONC(=O)c1cc(-c2ccccc2)cc(Cl)c1O. The number of hydrogen-bond donors (Lipinski definition) is 2. The van der Waals surface area contributed by atoms with Gasteiger partial charge in [-0.05, 0) is 23.3 Å². The fourth-order valence-corrected chi connectivity index (χ4v) is 1.94. The summed E-state index contributed by atoms with van der Waals surface area (Å²) in [6.07, 6.45) is 0. The molecular formula is C14H12ClNO3. The molecule has 19 heavy (non-hydrogen) atoms. The number of aromatic hydroxyl groups is 1.